The van der Waals surface area contributed by atoms with Crippen molar-refractivity contribution < 1.29 is 4.74 Å². The molecule has 1 atom stereocenters. The van der Waals surface area contributed by atoms with E-state index in [2.05, 4.69) is 39.6 Å². The predicted molar refractivity (Wildman–Crippen MR) is 58.6 cm³/mol. The summed E-state index contributed by atoms with van der Waals surface area (Å²) in [6.45, 7) is 13.3. The van der Waals surface area contributed by atoms with Crippen molar-refractivity contribution in [1.82, 2.24) is 0 Å². The van der Waals surface area contributed by atoms with Gasteiger partial charge in [-0.05, 0) is 41.0 Å². The molecule has 2 heteroatoms. The SMILES string of the molecule is CCCN=C(C)C(C)OC(C)(C)C. The predicted octanol–water partition coefficient (Wildman–Crippen LogP) is 3.06. The highest BCUT2D eigenvalue weighted by molar-refractivity contribution is 5.86. The smallest absolute Gasteiger partial charge is 0.0927 e. The van der Waals surface area contributed by atoms with E-state index in [0.29, 0.717) is 0 Å². The van der Waals surface area contributed by atoms with E-state index in [4.69, 9.17) is 4.74 Å². The zero-order valence-electron chi connectivity index (χ0n) is 9.85. The van der Waals surface area contributed by atoms with Gasteiger partial charge in [-0.1, -0.05) is 6.92 Å². The average Bonchev–Trinajstić information content (AvgIpc) is 1.96. The summed E-state index contributed by atoms with van der Waals surface area (Å²) in [6.07, 6.45) is 1.23. The molecule has 0 N–H and O–H groups in total. The number of ether oxygens (including phenoxy) is 1. The van der Waals surface area contributed by atoms with Gasteiger partial charge in [-0.2, -0.15) is 0 Å². The molecule has 0 aromatic heterocycles. The molecule has 0 aliphatic carbocycles. The molecule has 1 unspecified atom stereocenters. The molecule has 0 amide bonds. The highest BCUT2D eigenvalue weighted by Crippen LogP contribution is 2.11. The van der Waals surface area contributed by atoms with E-state index in [1.165, 1.54) is 0 Å². The third kappa shape index (κ3) is 6.76. The molecule has 0 saturated carbocycles. The van der Waals surface area contributed by atoms with Crippen molar-refractivity contribution in [1.29, 1.82) is 0 Å². The molecular weight excluding hydrogens is 162 g/mol. The second-order valence-electron chi connectivity index (χ2n) is 4.40. The Morgan fingerprint density at radius 3 is 2.31 bits per heavy atom. The Bertz CT molecular complexity index is 167. The Labute approximate surface area is 82.4 Å². The van der Waals surface area contributed by atoms with Crippen molar-refractivity contribution >= 4 is 5.71 Å². The molecule has 0 fully saturated rings. The van der Waals surface area contributed by atoms with Crippen LogP contribution in [0.3, 0.4) is 0 Å². The number of aliphatic imine (C=N–C) groups is 1. The van der Waals surface area contributed by atoms with Crippen LogP contribution in [0.1, 0.15) is 48.0 Å². The van der Waals surface area contributed by atoms with E-state index in [-0.39, 0.29) is 11.7 Å². The lowest BCUT2D eigenvalue weighted by Crippen LogP contribution is -2.30. The molecule has 0 aromatic carbocycles. The lowest BCUT2D eigenvalue weighted by atomic mass is 10.1. The fourth-order valence-corrected chi connectivity index (χ4v) is 1.03. The second kappa shape index (κ2) is 5.38. The Kier molecular flexibility index (Phi) is 5.23. The minimum absolute atomic E-state index is 0.0809. The molecule has 78 valence electrons. The normalized spacial score (nSPS) is 16.0. The highest BCUT2D eigenvalue weighted by atomic mass is 16.5. The molecule has 0 bridgehead atoms. The maximum absolute atomic E-state index is 5.77. The lowest BCUT2D eigenvalue weighted by Gasteiger charge is -2.25. The van der Waals surface area contributed by atoms with Crippen LogP contribution in [0.5, 0.6) is 0 Å². The van der Waals surface area contributed by atoms with Crippen LogP contribution in [0, 0.1) is 0 Å². The first-order valence-corrected chi connectivity index (χ1v) is 5.05. The molecule has 0 aliphatic heterocycles. The summed E-state index contributed by atoms with van der Waals surface area (Å²) in [6, 6.07) is 0. The van der Waals surface area contributed by atoms with Crippen LogP contribution in [-0.4, -0.2) is 24.0 Å². The molecule has 0 radical (unpaired) electrons. The van der Waals surface area contributed by atoms with Crippen molar-refractivity contribution in [3.05, 3.63) is 0 Å². The van der Waals surface area contributed by atoms with E-state index in [1.54, 1.807) is 0 Å². The summed E-state index contributed by atoms with van der Waals surface area (Å²) >= 11 is 0. The molecule has 0 saturated heterocycles. The van der Waals surface area contributed by atoms with E-state index in [9.17, 15) is 0 Å². The molecule has 13 heavy (non-hydrogen) atoms. The van der Waals surface area contributed by atoms with E-state index < -0.39 is 0 Å². The van der Waals surface area contributed by atoms with Crippen LogP contribution in [0.2, 0.25) is 0 Å². The summed E-state index contributed by atoms with van der Waals surface area (Å²) in [5, 5.41) is 0. The summed E-state index contributed by atoms with van der Waals surface area (Å²) in [5.41, 5.74) is 1.01. The average molecular weight is 185 g/mol. The first kappa shape index (κ1) is 12.6. The Morgan fingerprint density at radius 1 is 1.38 bits per heavy atom. The Balaban J connectivity index is 4.03. The monoisotopic (exact) mass is 185 g/mol. The van der Waals surface area contributed by atoms with Crippen LogP contribution in [0.15, 0.2) is 4.99 Å². The molecule has 0 aliphatic rings. The van der Waals surface area contributed by atoms with Gasteiger partial charge < -0.3 is 4.74 Å². The van der Waals surface area contributed by atoms with Crippen LogP contribution >= 0.6 is 0 Å². The Hall–Kier alpha value is -0.370. The van der Waals surface area contributed by atoms with Crippen molar-refractivity contribution in [3.8, 4) is 0 Å². The third-order valence-corrected chi connectivity index (χ3v) is 1.70. The number of hydrogen-bond acceptors (Lipinski definition) is 2. The van der Waals surface area contributed by atoms with E-state index in [0.717, 1.165) is 18.7 Å². The quantitative estimate of drug-likeness (QED) is 0.617. The van der Waals surface area contributed by atoms with Gasteiger partial charge >= 0.3 is 0 Å². The topological polar surface area (TPSA) is 21.6 Å². The first-order valence-electron chi connectivity index (χ1n) is 5.05. The third-order valence-electron chi connectivity index (χ3n) is 1.70. The van der Waals surface area contributed by atoms with Crippen LogP contribution < -0.4 is 0 Å². The summed E-state index contributed by atoms with van der Waals surface area (Å²) < 4.78 is 5.77. The van der Waals surface area contributed by atoms with Gasteiger partial charge in [0.25, 0.3) is 0 Å². The van der Waals surface area contributed by atoms with Crippen LogP contribution in [0.25, 0.3) is 0 Å². The molecule has 0 heterocycles. The summed E-state index contributed by atoms with van der Waals surface area (Å²) in [5.74, 6) is 0. The van der Waals surface area contributed by atoms with E-state index in [1.807, 2.05) is 6.92 Å². The molecular formula is C11H23NO. The maximum atomic E-state index is 5.77. The standard InChI is InChI=1S/C11H23NO/c1-7-8-12-9(2)10(3)13-11(4,5)6/h10H,7-8H2,1-6H3. The molecule has 0 spiro atoms. The van der Waals surface area contributed by atoms with Gasteiger partial charge in [-0.25, -0.2) is 0 Å². The van der Waals surface area contributed by atoms with Gasteiger partial charge in [0.15, 0.2) is 0 Å². The van der Waals surface area contributed by atoms with Gasteiger partial charge in [0, 0.05) is 12.3 Å². The Morgan fingerprint density at radius 2 is 1.92 bits per heavy atom. The second-order valence-corrected chi connectivity index (χ2v) is 4.40. The first-order chi connectivity index (χ1) is 5.87. The largest absolute Gasteiger partial charge is 0.367 e. The number of rotatable bonds is 4. The zero-order valence-corrected chi connectivity index (χ0v) is 9.85. The molecule has 2 nitrogen and oxygen atoms in total. The summed E-state index contributed by atoms with van der Waals surface area (Å²) in [4.78, 5) is 4.42. The number of hydrogen-bond donors (Lipinski definition) is 0. The fraction of sp³-hybridized carbons (Fsp3) is 0.909. The summed E-state index contributed by atoms with van der Waals surface area (Å²) in [7, 11) is 0. The van der Waals surface area contributed by atoms with Crippen molar-refractivity contribution in [2.24, 2.45) is 4.99 Å². The minimum Gasteiger partial charge on any atom is -0.367 e. The van der Waals surface area contributed by atoms with Gasteiger partial charge in [0.2, 0.25) is 0 Å². The van der Waals surface area contributed by atoms with Crippen LogP contribution in [-0.2, 0) is 4.74 Å². The maximum Gasteiger partial charge on any atom is 0.0927 e. The van der Waals surface area contributed by atoms with Crippen molar-refractivity contribution in [3.63, 3.8) is 0 Å². The lowest BCUT2D eigenvalue weighted by molar-refractivity contribution is -0.0217. The van der Waals surface area contributed by atoms with Gasteiger partial charge in [-0.3, -0.25) is 4.99 Å². The van der Waals surface area contributed by atoms with Gasteiger partial charge in [0.05, 0.1) is 11.7 Å². The molecule has 0 aromatic rings. The highest BCUT2D eigenvalue weighted by Gasteiger charge is 2.16. The van der Waals surface area contributed by atoms with E-state index >= 15 is 0 Å². The minimum atomic E-state index is -0.0809. The number of nitrogens with zero attached hydrogens (tertiary/aromatic N) is 1. The zero-order chi connectivity index (χ0) is 10.5. The molecule has 0 rings (SSSR count). The fourth-order valence-electron chi connectivity index (χ4n) is 1.03. The van der Waals surface area contributed by atoms with Crippen molar-refractivity contribution in [2.75, 3.05) is 6.54 Å². The van der Waals surface area contributed by atoms with Gasteiger partial charge in [-0.15, -0.1) is 0 Å². The van der Waals surface area contributed by atoms with Gasteiger partial charge in [0.1, 0.15) is 0 Å². The van der Waals surface area contributed by atoms with Crippen molar-refractivity contribution in [2.45, 2.75) is 59.7 Å². The van der Waals surface area contributed by atoms with Crippen LogP contribution in [0.4, 0.5) is 0 Å².